The molecule has 0 saturated carbocycles. The van der Waals surface area contributed by atoms with Crippen LogP contribution in [0.5, 0.6) is 0 Å². The first-order valence-corrected chi connectivity index (χ1v) is 8.24. The zero-order valence-corrected chi connectivity index (χ0v) is 14.0. The third-order valence-corrected chi connectivity index (χ3v) is 4.60. The van der Waals surface area contributed by atoms with Crippen LogP contribution >= 0.6 is 0 Å². The Kier molecular flexibility index (Phi) is 5.07. The van der Waals surface area contributed by atoms with Crippen LogP contribution in [0.4, 0.5) is 4.39 Å². The largest absolute Gasteiger partial charge is 0.352 e. The van der Waals surface area contributed by atoms with Crippen molar-refractivity contribution in [3.8, 4) is 0 Å². The van der Waals surface area contributed by atoms with E-state index in [0.29, 0.717) is 19.4 Å². The normalized spacial score (nSPS) is 20.4. The van der Waals surface area contributed by atoms with Crippen LogP contribution in [0.25, 0.3) is 0 Å². The Hall–Kier alpha value is -2.76. The summed E-state index contributed by atoms with van der Waals surface area (Å²) in [5, 5.41) is 2.92. The van der Waals surface area contributed by atoms with E-state index in [9.17, 15) is 14.0 Å². The summed E-state index contributed by atoms with van der Waals surface area (Å²) >= 11 is 0. The number of hydrogen-bond donors (Lipinski definition) is 1. The summed E-state index contributed by atoms with van der Waals surface area (Å²) in [6.45, 7) is 0.386. The maximum Gasteiger partial charge on any atom is 0.225 e. The van der Waals surface area contributed by atoms with E-state index >= 15 is 0 Å². The molecule has 1 fully saturated rings. The average Bonchev–Trinajstić information content (AvgIpc) is 2.63. The Balaban J connectivity index is 1.78. The van der Waals surface area contributed by atoms with Gasteiger partial charge in [0.05, 0.1) is 12.0 Å². The highest BCUT2D eigenvalue weighted by molar-refractivity contribution is 5.84. The molecule has 3 rings (SSSR count). The highest BCUT2D eigenvalue weighted by Gasteiger charge is 2.38. The quantitative estimate of drug-likeness (QED) is 0.929. The fraction of sp³-hybridized carbons (Fsp3) is 0.316. The molecule has 1 aliphatic rings. The van der Waals surface area contributed by atoms with E-state index < -0.39 is 6.04 Å². The van der Waals surface area contributed by atoms with Crippen molar-refractivity contribution in [1.29, 1.82) is 0 Å². The number of carbonyl (C=O) groups is 2. The summed E-state index contributed by atoms with van der Waals surface area (Å²) in [4.78, 5) is 30.5. The number of pyridine rings is 1. The van der Waals surface area contributed by atoms with Gasteiger partial charge in [-0.3, -0.25) is 14.6 Å². The second-order valence-corrected chi connectivity index (χ2v) is 6.23. The maximum absolute atomic E-state index is 13.2. The number of benzene rings is 1. The molecule has 0 radical (unpaired) electrons. The third kappa shape index (κ3) is 3.84. The molecular formula is C19H20FN3O2. The SMILES string of the molecule is CN1C(=O)CC[C@H](C(=O)NCc2cccnc2)[C@H]1c1ccc(F)cc1. The fourth-order valence-corrected chi connectivity index (χ4v) is 3.25. The van der Waals surface area contributed by atoms with Gasteiger partial charge >= 0.3 is 0 Å². The number of rotatable bonds is 4. The first kappa shape index (κ1) is 17.1. The molecule has 1 aromatic carbocycles. The molecule has 1 aliphatic heterocycles. The molecule has 2 aromatic rings. The predicted molar refractivity (Wildman–Crippen MR) is 90.7 cm³/mol. The number of halogens is 1. The van der Waals surface area contributed by atoms with Gasteiger partial charge in [-0.25, -0.2) is 4.39 Å². The second-order valence-electron chi connectivity index (χ2n) is 6.23. The lowest BCUT2D eigenvalue weighted by molar-refractivity contribution is -0.141. The minimum Gasteiger partial charge on any atom is -0.352 e. The van der Waals surface area contributed by atoms with Crippen LogP contribution in [-0.4, -0.2) is 28.7 Å². The number of carbonyl (C=O) groups excluding carboxylic acids is 2. The molecule has 0 spiro atoms. The van der Waals surface area contributed by atoms with Gasteiger partial charge in [0.25, 0.3) is 0 Å². The highest BCUT2D eigenvalue weighted by atomic mass is 19.1. The Labute approximate surface area is 145 Å². The third-order valence-electron chi connectivity index (χ3n) is 4.60. The molecular weight excluding hydrogens is 321 g/mol. The minimum atomic E-state index is -0.393. The van der Waals surface area contributed by atoms with Gasteiger partial charge in [0.15, 0.2) is 0 Å². The summed E-state index contributed by atoms with van der Waals surface area (Å²) < 4.78 is 13.2. The van der Waals surface area contributed by atoms with Crippen LogP contribution in [-0.2, 0) is 16.1 Å². The van der Waals surface area contributed by atoms with Gasteiger partial charge < -0.3 is 10.2 Å². The van der Waals surface area contributed by atoms with Gasteiger partial charge in [-0.05, 0) is 35.7 Å². The Morgan fingerprint density at radius 3 is 2.76 bits per heavy atom. The number of likely N-dealkylation sites (tertiary alicyclic amines) is 1. The summed E-state index contributed by atoms with van der Waals surface area (Å²) in [5.74, 6) is -0.834. The van der Waals surface area contributed by atoms with Crippen molar-refractivity contribution >= 4 is 11.8 Å². The number of nitrogens with zero attached hydrogens (tertiary/aromatic N) is 2. The van der Waals surface area contributed by atoms with Crippen LogP contribution in [0.15, 0.2) is 48.8 Å². The molecule has 0 bridgehead atoms. The predicted octanol–water partition coefficient (Wildman–Crippen LogP) is 2.45. The molecule has 5 nitrogen and oxygen atoms in total. The lowest BCUT2D eigenvalue weighted by Gasteiger charge is -2.38. The van der Waals surface area contributed by atoms with Gasteiger partial charge in [0, 0.05) is 32.4 Å². The summed E-state index contributed by atoms with van der Waals surface area (Å²) in [6.07, 6.45) is 4.19. The standard InChI is InChI=1S/C19H20FN3O2/c1-23-17(24)9-8-16(18(23)14-4-6-15(20)7-5-14)19(25)22-12-13-3-2-10-21-11-13/h2-7,10-11,16,18H,8-9,12H2,1H3,(H,22,25)/t16-,18+/m0/s1. The molecule has 6 heteroatoms. The summed E-state index contributed by atoms with van der Waals surface area (Å²) in [7, 11) is 1.69. The van der Waals surface area contributed by atoms with Gasteiger partial charge in [-0.15, -0.1) is 0 Å². The molecule has 2 amide bonds. The van der Waals surface area contributed by atoms with Crippen LogP contribution in [0.3, 0.4) is 0 Å². The van der Waals surface area contributed by atoms with Crippen molar-refractivity contribution in [3.05, 3.63) is 65.7 Å². The van der Waals surface area contributed by atoms with Crippen molar-refractivity contribution in [2.24, 2.45) is 5.92 Å². The average molecular weight is 341 g/mol. The van der Waals surface area contributed by atoms with Crippen LogP contribution in [0, 0.1) is 11.7 Å². The number of aromatic nitrogens is 1. The van der Waals surface area contributed by atoms with E-state index in [-0.39, 0.29) is 23.5 Å². The van der Waals surface area contributed by atoms with E-state index in [1.807, 2.05) is 12.1 Å². The number of hydrogen-bond acceptors (Lipinski definition) is 3. The molecule has 1 N–H and O–H groups in total. The lowest BCUT2D eigenvalue weighted by atomic mass is 9.84. The maximum atomic E-state index is 13.2. The van der Waals surface area contributed by atoms with Gasteiger partial charge in [0.1, 0.15) is 5.82 Å². The first-order chi connectivity index (χ1) is 12.1. The van der Waals surface area contributed by atoms with Gasteiger partial charge in [-0.2, -0.15) is 0 Å². The minimum absolute atomic E-state index is 0.00867. The Morgan fingerprint density at radius 2 is 2.08 bits per heavy atom. The lowest BCUT2D eigenvalue weighted by Crippen LogP contribution is -2.46. The van der Waals surface area contributed by atoms with Crippen molar-refractivity contribution in [2.75, 3.05) is 7.05 Å². The van der Waals surface area contributed by atoms with Crippen LogP contribution < -0.4 is 5.32 Å². The summed E-state index contributed by atoms with van der Waals surface area (Å²) in [6, 6.07) is 9.29. The molecule has 2 heterocycles. The van der Waals surface area contributed by atoms with E-state index in [4.69, 9.17) is 0 Å². The zero-order chi connectivity index (χ0) is 17.8. The van der Waals surface area contributed by atoms with E-state index in [1.54, 1.807) is 36.5 Å². The van der Waals surface area contributed by atoms with Crippen molar-refractivity contribution < 1.29 is 14.0 Å². The van der Waals surface area contributed by atoms with E-state index in [2.05, 4.69) is 10.3 Å². The monoisotopic (exact) mass is 341 g/mol. The molecule has 0 aliphatic carbocycles. The smallest absolute Gasteiger partial charge is 0.225 e. The topological polar surface area (TPSA) is 62.3 Å². The van der Waals surface area contributed by atoms with Crippen molar-refractivity contribution in [3.63, 3.8) is 0 Å². The Morgan fingerprint density at radius 1 is 1.32 bits per heavy atom. The zero-order valence-electron chi connectivity index (χ0n) is 14.0. The van der Waals surface area contributed by atoms with Crippen LogP contribution in [0.1, 0.15) is 30.0 Å². The van der Waals surface area contributed by atoms with Crippen LogP contribution in [0.2, 0.25) is 0 Å². The molecule has 25 heavy (non-hydrogen) atoms. The number of piperidine rings is 1. The highest BCUT2D eigenvalue weighted by Crippen LogP contribution is 2.35. The number of amides is 2. The summed E-state index contributed by atoms with van der Waals surface area (Å²) in [5.41, 5.74) is 1.67. The molecule has 2 atom stereocenters. The first-order valence-electron chi connectivity index (χ1n) is 8.24. The van der Waals surface area contributed by atoms with E-state index in [1.165, 1.54) is 12.1 Å². The molecule has 1 aromatic heterocycles. The Bertz CT molecular complexity index is 749. The second kappa shape index (κ2) is 7.42. The van der Waals surface area contributed by atoms with Gasteiger partial charge in [0.2, 0.25) is 11.8 Å². The van der Waals surface area contributed by atoms with Crippen molar-refractivity contribution in [1.82, 2.24) is 15.2 Å². The molecule has 130 valence electrons. The van der Waals surface area contributed by atoms with Crippen molar-refractivity contribution in [2.45, 2.75) is 25.4 Å². The number of nitrogens with one attached hydrogen (secondary N) is 1. The van der Waals surface area contributed by atoms with E-state index in [0.717, 1.165) is 11.1 Å². The molecule has 0 unspecified atom stereocenters. The fourth-order valence-electron chi connectivity index (χ4n) is 3.25. The van der Waals surface area contributed by atoms with Gasteiger partial charge in [-0.1, -0.05) is 18.2 Å². The molecule has 1 saturated heterocycles.